The van der Waals surface area contributed by atoms with Crippen LogP contribution in [0.2, 0.25) is 0 Å². The van der Waals surface area contributed by atoms with Crippen LogP contribution in [-0.4, -0.2) is 25.7 Å². The van der Waals surface area contributed by atoms with Crippen molar-refractivity contribution in [2.24, 2.45) is 0 Å². The lowest BCUT2D eigenvalue weighted by Gasteiger charge is -2.14. The minimum atomic E-state index is -0.170. The summed E-state index contributed by atoms with van der Waals surface area (Å²) in [6, 6.07) is 11.7. The molecule has 4 aromatic rings. The predicted molar refractivity (Wildman–Crippen MR) is 103 cm³/mol. The first kappa shape index (κ1) is 16.6. The van der Waals surface area contributed by atoms with E-state index in [4.69, 9.17) is 0 Å². The topological polar surface area (TPSA) is 72.7 Å². The van der Waals surface area contributed by atoms with Crippen molar-refractivity contribution in [2.75, 3.05) is 0 Å². The number of hydrogen-bond acceptors (Lipinski definition) is 6. The van der Waals surface area contributed by atoms with Gasteiger partial charge in [0.25, 0.3) is 5.91 Å². The first-order chi connectivity index (χ1) is 12.7. The number of nitrogens with one attached hydrogen (secondary N) is 1. The van der Waals surface area contributed by atoms with Crippen molar-refractivity contribution in [2.45, 2.75) is 13.0 Å². The molecule has 1 amide bonds. The summed E-state index contributed by atoms with van der Waals surface area (Å²) in [5.74, 6) is -0.170. The van der Waals surface area contributed by atoms with Crippen LogP contribution < -0.4 is 5.32 Å². The maximum absolute atomic E-state index is 12.5. The lowest BCUT2D eigenvalue weighted by Crippen LogP contribution is -2.26. The van der Waals surface area contributed by atoms with Crippen molar-refractivity contribution in [3.63, 3.8) is 0 Å². The molecule has 0 spiro atoms. The Bertz CT molecular complexity index is 991. The molecule has 4 rings (SSSR count). The highest BCUT2D eigenvalue weighted by Crippen LogP contribution is 2.28. The van der Waals surface area contributed by atoms with Crippen molar-refractivity contribution in [1.82, 2.24) is 25.1 Å². The quantitative estimate of drug-likeness (QED) is 0.568. The summed E-state index contributed by atoms with van der Waals surface area (Å²) >= 11 is 3.10. The molecule has 1 aromatic carbocycles. The van der Waals surface area contributed by atoms with E-state index in [1.807, 2.05) is 48.7 Å². The summed E-state index contributed by atoms with van der Waals surface area (Å²) in [5.41, 5.74) is 2.38. The van der Waals surface area contributed by atoms with Gasteiger partial charge in [-0.3, -0.25) is 4.79 Å². The van der Waals surface area contributed by atoms with Crippen LogP contribution in [0, 0.1) is 0 Å². The van der Waals surface area contributed by atoms with Gasteiger partial charge in [-0.05, 0) is 36.1 Å². The molecule has 1 atom stereocenters. The Labute approximate surface area is 158 Å². The fourth-order valence-electron chi connectivity index (χ4n) is 2.50. The lowest BCUT2D eigenvalue weighted by atomic mass is 10.1. The van der Waals surface area contributed by atoms with Crippen LogP contribution in [0.15, 0.2) is 59.8 Å². The molecule has 26 heavy (non-hydrogen) atoms. The number of thiophene rings is 1. The van der Waals surface area contributed by atoms with E-state index in [2.05, 4.69) is 20.4 Å². The van der Waals surface area contributed by atoms with Gasteiger partial charge in [-0.1, -0.05) is 18.2 Å². The Morgan fingerprint density at radius 3 is 2.73 bits per heavy atom. The summed E-state index contributed by atoms with van der Waals surface area (Å²) in [5, 5.41) is 11.8. The van der Waals surface area contributed by atoms with Crippen LogP contribution in [0.4, 0.5) is 0 Å². The fraction of sp³-hybridized carbons (Fsp3) is 0.111. The van der Waals surface area contributed by atoms with Gasteiger partial charge in [0, 0.05) is 5.38 Å². The molecular formula is C18H15N5OS2. The standard InChI is InChI=1S/C18H15N5OS2/c1-12(13-4-6-14(7-5-13)23-11-19-10-20-23)21-17(24)15-9-26-18(22-15)16-3-2-8-25-16/h2-12H,1H3,(H,21,24). The van der Waals surface area contributed by atoms with Crippen molar-refractivity contribution >= 4 is 28.6 Å². The molecular weight excluding hydrogens is 366 g/mol. The van der Waals surface area contributed by atoms with Crippen molar-refractivity contribution in [1.29, 1.82) is 0 Å². The molecule has 0 saturated carbocycles. The van der Waals surface area contributed by atoms with E-state index in [1.165, 1.54) is 17.7 Å². The number of hydrogen-bond donors (Lipinski definition) is 1. The smallest absolute Gasteiger partial charge is 0.271 e. The van der Waals surface area contributed by atoms with Crippen LogP contribution in [0.5, 0.6) is 0 Å². The molecule has 0 saturated heterocycles. The minimum Gasteiger partial charge on any atom is -0.344 e. The molecule has 6 nitrogen and oxygen atoms in total. The highest BCUT2D eigenvalue weighted by atomic mass is 32.1. The van der Waals surface area contributed by atoms with Gasteiger partial charge < -0.3 is 5.32 Å². The zero-order chi connectivity index (χ0) is 17.9. The van der Waals surface area contributed by atoms with Gasteiger partial charge in [0.1, 0.15) is 23.4 Å². The third-order valence-electron chi connectivity index (χ3n) is 3.89. The largest absolute Gasteiger partial charge is 0.344 e. The van der Waals surface area contributed by atoms with E-state index < -0.39 is 0 Å². The number of aromatic nitrogens is 4. The first-order valence-electron chi connectivity index (χ1n) is 7.96. The average molecular weight is 381 g/mol. The molecule has 0 aliphatic heterocycles. The van der Waals surface area contributed by atoms with Crippen molar-refractivity contribution in [3.05, 3.63) is 71.1 Å². The fourth-order valence-corrected chi connectivity index (χ4v) is 4.12. The second kappa shape index (κ2) is 7.19. The van der Waals surface area contributed by atoms with Gasteiger partial charge in [0.15, 0.2) is 0 Å². The normalized spacial score (nSPS) is 12.0. The Morgan fingerprint density at radius 1 is 1.19 bits per heavy atom. The third kappa shape index (κ3) is 3.42. The summed E-state index contributed by atoms with van der Waals surface area (Å²) in [4.78, 5) is 21.9. The monoisotopic (exact) mass is 381 g/mol. The maximum Gasteiger partial charge on any atom is 0.271 e. The highest BCUT2D eigenvalue weighted by molar-refractivity contribution is 7.20. The summed E-state index contributed by atoms with van der Waals surface area (Å²) in [6.07, 6.45) is 3.14. The molecule has 130 valence electrons. The number of nitrogens with zero attached hydrogens (tertiary/aromatic N) is 4. The van der Waals surface area contributed by atoms with E-state index in [0.29, 0.717) is 5.69 Å². The van der Waals surface area contributed by atoms with Gasteiger partial charge in [-0.2, -0.15) is 5.10 Å². The Hall–Kier alpha value is -2.84. The van der Waals surface area contributed by atoms with Gasteiger partial charge in [0.2, 0.25) is 0 Å². The molecule has 0 radical (unpaired) electrons. The van der Waals surface area contributed by atoms with Gasteiger partial charge >= 0.3 is 0 Å². The molecule has 1 unspecified atom stereocenters. The first-order valence-corrected chi connectivity index (χ1v) is 9.72. The molecule has 3 heterocycles. The van der Waals surface area contributed by atoms with Gasteiger partial charge in [0.05, 0.1) is 16.6 Å². The second-order valence-corrected chi connectivity index (χ2v) is 7.45. The number of benzene rings is 1. The van der Waals surface area contributed by atoms with Crippen LogP contribution in [-0.2, 0) is 0 Å². The van der Waals surface area contributed by atoms with Crippen LogP contribution >= 0.6 is 22.7 Å². The van der Waals surface area contributed by atoms with E-state index in [-0.39, 0.29) is 11.9 Å². The highest BCUT2D eigenvalue weighted by Gasteiger charge is 2.15. The van der Waals surface area contributed by atoms with Gasteiger partial charge in [-0.15, -0.1) is 22.7 Å². The molecule has 1 N–H and O–H groups in total. The zero-order valence-electron chi connectivity index (χ0n) is 13.9. The Morgan fingerprint density at radius 2 is 2.04 bits per heavy atom. The van der Waals surface area contributed by atoms with Crippen molar-refractivity contribution in [3.8, 4) is 15.6 Å². The van der Waals surface area contributed by atoms with E-state index >= 15 is 0 Å². The summed E-state index contributed by atoms with van der Waals surface area (Å²) in [7, 11) is 0. The molecule has 0 bridgehead atoms. The zero-order valence-corrected chi connectivity index (χ0v) is 15.5. The number of carbonyl (C=O) groups excluding carboxylic acids is 1. The Kier molecular flexibility index (Phi) is 4.59. The van der Waals surface area contributed by atoms with Crippen LogP contribution in [0.1, 0.15) is 29.0 Å². The number of carbonyl (C=O) groups is 1. The molecule has 0 fully saturated rings. The SMILES string of the molecule is CC(NC(=O)c1csc(-c2cccs2)n1)c1ccc(-n2cncn2)cc1. The van der Waals surface area contributed by atoms with Crippen molar-refractivity contribution < 1.29 is 4.79 Å². The molecule has 0 aliphatic rings. The van der Waals surface area contributed by atoms with Gasteiger partial charge in [-0.25, -0.2) is 14.6 Å². The number of thiazole rings is 1. The molecule has 3 aromatic heterocycles. The Balaban J connectivity index is 1.44. The molecule has 8 heteroatoms. The van der Waals surface area contributed by atoms with Crippen LogP contribution in [0.3, 0.4) is 0 Å². The number of rotatable bonds is 5. The van der Waals surface area contributed by atoms with E-state index in [0.717, 1.165) is 21.1 Å². The average Bonchev–Trinajstić information content (AvgIpc) is 3.43. The van der Waals surface area contributed by atoms with E-state index in [9.17, 15) is 4.79 Å². The predicted octanol–water partition coefficient (Wildman–Crippen LogP) is 3.94. The molecule has 0 aliphatic carbocycles. The summed E-state index contributed by atoms with van der Waals surface area (Å²) < 4.78 is 1.69. The minimum absolute atomic E-state index is 0.126. The lowest BCUT2D eigenvalue weighted by molar-refractivity contribution is 0.0935. The third-order valence-corrected chi connectivity index (χ3v) is 5.77. The number of amides is 1. The summed E-state index contributed by atoms with van der Waals surface area (Å²) in [6.45, 7) is 1.95. The van der Waals surface area contributed by atoms with E-state index in [1.54, 1.807) is 27.7 Å². The van der Waals surface area contributed by atoms with Crippen LogP contribution in [0.25, 0.3) is 15.6 Å². The second-order valence-electron chi connectivity index (χ2n) is 5.64. The maximum atomic E-state index is 12.5.